The fraction of sp³-hybridized carbons (Fsp3) is 0.0667. The molecule has 2 aromatic heterocycles. The number of aliphatic hydroxyl groups excluding tert-OH is 1. The van der Waals surface area contributed by atoms with Crippen molar-refractivity contribution in [1.82, 2.24) is 19.6 Å². The van der Waals surface area contributed by atoms with Gasteiger partial charge in [-0.2, -0.15) is 14.6 Å². The standard InChI is InChI=1S/C15H11FN6O3/c1-2-7-3-10(8(14(24)25)4-9(7)16)20-13(23)11-5-12(17)22-15(21-11)18-6-19-22/h1,3-6,13,20,23H,17H2,(H,24,25). The Morgan fingerprint density at radius 2 is 2.20 bits per heavy atom. The number of nitrogen functional groups attached to an aromatic ring is 1. The molecule has 2 heterocycles. The first-order chi connectivity index (χ1) is 11.9. The Morgan fingerprint density at radius 3 is 2.88 bits per heavy atom. The first-order valence-corrected chi connectivity index (χ1v) is 6.85. The van der Waals surface area contributed by atoms with Gasteiger partial charge in [0.15, 0.2) is 6.23 Å². The summed E-state index contributed by atoms with van der Waals surface area (Å²) in [4.78, 5) is 19.2. The molecule has 9 nitrogen and oxygen atoms in total. The van der Waals surface area contributed by atoms with Crippen LogP contribution in [-0.4, -0.2) is 35.8 Å². The van der Waals surface area contributed by atoms with Crippen LogP contribution >= 0.6 is 0 Å². The molecule has 10 heteroatoms. The van der Waals surface area contributed by atoms with E-state index in [1.807, 2.05) is 0 Å². The maximum Gasteiger partial charge on any atom is 0.337 e. The van der Waals surface area contributed by atoms with Crippen LogP contribution in [0, 0.1) is 18.2 Å². The fourth-order valence-corrected chi connectivity index (χ4v) is 2.20. The van der Waals surface area contributed by atoms with Gasteiger partial charge in [-0.05, 0) is 12.1 Å². The summed E-state index contributed by atoms with van der Waals surface area (Å²) in [6.07, 6.45) is 4.98. The number of aliphatic hydroxyl groups is 1. The third kappa shape index (κ3) is 2.91. The molecule has 1 atom stereocenters. The number of terminal acetylenes is 1. The Balaban J connectivity index is 2.00. The summed E-state index contributed by atoms with van der Waals surface area (Å²) in [5.74, 6) is 0.170. The number of hydrogen-bond acceptors (Lipinski definition) is 7. The number of halogens is 1. The molecule has 0 aliphatic rings. The van der Waals surface area contributed by atoms with Crippen LogP contribution in [0.5, 0.6) is 0 Å². The van der Waals surface area contributed by atoms with Crippen molar-refractivity contribution in [3.63, 3.8) is 0 Å². The molecule has 0 amide bonds. The minimum absolute atomic E-state index is 0.0703. The Labute approximate surface area is 139 Å². The van der Waals surface area contributed by atoms with E-state index in [4.69, 9.17) is 12.2 Å². The SMILES string of the molecule is C#Cc1cc(NC(O)c2cc(N)n3ncnc3n2)c(C(=O)O)cc1F. The summed E-state index contributed by atoms with van der Waals surface area (Å²) >= 11 is 0. The maximum absolute atomic E-state index is 13.7. The van der Waals surface area contributed by atoms with Crippen molar-refractivity contribution in [1.29, 1.82) is 0 Å². The monoisotopic (exact) mass is 342 g/mol. The van der Waals surface area contributed by atoms with E-state index in [0.29, 0.717) is 0 Å². The highest BCUT2D eigenvalue weighted by molar-refractivity contribution is 5.94. The van der Waals surface area contributed by atoms with Gasteiger partial charge in [0, 0.05) is 6.07 Å². The molecular weight excluding hydrogens is 331 g/mol. The van der Waals surface area contributed by atoms with Crippen molar-refractivity contribution in [2.24, 2.45) is 0 Å². The van der Waals surface area contributed by atoms with Crippen LogP contribution in [0.4, 0.5) is 15.9 Å². The number of benzene rings is 1. The molecule has 25 heavy (non-hydrogen) atoms. The number of carbonyl (C=O) groups is 1. The first-order valence-electron chi connectivity index (χ1n) is 6.85. The molecule has 0 saturated carbocycles. The van der Waals surface area contributed by atoms with E-state index in [2.05, 4.69) is 26.3 Å². The van der Waals surface area contributed by atoms with E-state index in [1.165, 1.54) is 16.9 Å². The number of nitrogens with one attached hydrogen (secondary N) is 1. The van der Waals surface area contributed by atoms with Crippen LogP contribution in [-0.2, 0) is 0 Å². The van der Waals surface area contributed by atoms with E-state index < -0.39 is 23.6 Å². The van der Waals surface area contributed by atoms with Crippen molar-refractivity contribution in [2.75, 3.05) is 11.1 Å². The number of rotatable bonds is 4. The number of aromatic nitrogens is 4. The van der Waals surface area contributed by atoms with Crippen LogP contribution in [0.1, 0.15) is 27.8 Å². The topological polar surface area (TPSA) is 139 Å². The molecule has 0 saturated heterocycles. The van der Waals surface area contributed by atoms with E-state index in [0.717, 1.165) is 12.1 Å². The summed E-state index contributed by atoms with van der Waals surface area (Å²) in [5.41, 5.74) is 5.24. The second-order valence-corrected chi connectivity index (χ2v) is 4.95. The molecule has 5 N–H and O–H groups in total. The van der Waals surface area contributed by atoms with Gasteiger partial charge in [0.1, 0.15) is 18.0 Å². The quantitative estimate of drug-likeness (QED) is 0.400. The van der Waals surface area contributed by atoms with Crippen LogP contribution in [0.2, 0.25) is 0 Å². The number of aromatic carboxylic acids is 1. The van der Waals surface area contributed by atoms with Crippen LogP contribution in [0.3, 0.4) is 0 Å². The smallest absolute Gasteiger partial charge is 0.337 e. The molecular formula is C15H11FN6O3. The average molecular weight is 342 g/mol. The highest BCUT2D eigenvalue weighted by atomic mass is 19.1. The molecule has 3 rings (SSSR count). The summed E-state index contributed by atoms with van der Waals surface area (Å²) < 4.78 is 15.0. The molecule has 126 valence electrons. The molecule has 3 aromatic rings. The van der Waals surface area contributed by atoms with Gasteiger partial charge < -0.3 is 21.3 Å². The van der Waals surface area contributed by atoms with Crippen molar-refractivity contribution >= 4 is 23.3 Å². The van der Waals surface area contributed by atoms with Gasteiger partial charge in [-0.1, -0.05) is 5.92 Å². The highest BCUT2D eigenvalue weighted by Crippen LogP contribution is 2.25. The highest BCUT2D eigenvalue weighted by Gasteiger charge is 2.19. The van der Waals surface area contributed by atoms with E-state index >= 15 is 0 Å². The van der Waals surface area contributed by atoms with E-state index in [9.17, 15) is 19.4 Å². The Bertz CT molecular complexity index is 1030. The van der Waals surface area contributed by atoms with Gasteiger partial charge in [0.25, 0.3) is 5.78 Å². The third-order valence-corrected chi connectivity index (χ3v) is 3.36. The Hall–Kier alpha value is -3.71. The first kappa shape index (κ1) is 16.2. The van der Waals surface area contributed by atoms with Gasteiger partial charge in [-0.3, -0.25) is 0 Å². The van der Waals surface area contributed by atoms with Crippen molar-refractivity contribution in [3.05, 3.63) is 47.2 Å². The molecule has 1 unspecified atom stereocenters. The summed E-state index contributed by atoms with van der Waals surface area (Å²) in [6, 6.07) is 3.22. The van der Waals surface area contributed by atoms with Gasteiger partial charge in [0.05, 0.1) is 22.5 Å². The minimum Gasteiger partial charge on any atom is -0.478 e. The average Bonchev–Trinajstić information content (AvgIpc) is 3.04. The Kier molecular flexibility index (Phi) is 3.92. The molecule has 0 fully saturated rings. The second-order valence-electron chi connectivity index (χ2n) is 4.95. The second kappa shape index (κ2) is 6.06. The summed E-state index contributed by atoms with van der Waals surface area (Å²) in [7, 11) is 0. The van der Waals surface area contributed by atoms with Gasteiger partial charge in [0.2, 0.25) is 0 Å². The summed E-state index contributed by atoms with van der Waals surface area (Å²) in [5, 5.41) is 25.9. The maximum atomic E-state index is 13.7. The molecule has 0 aliphatic heterocycles. The number of anilines is 2. The van der Waals surface area contributed by atoms with Crippen molar-refractivity contribution in [3.8, 4) is 12.3 Å². The molecule has 0 bridgehead atoms. The largest absolute Gasteiger partial charge is 0.478 e. The Morgan fingerprint density at radius 1 is 1.44 bits per heavy atom. The number of fused-ring (bicyclic) bond motifs is 1. The fourth-order valence-electron chi connectivity index (χ4n) is 2.20. The van der Waals surface area contributed by atoms with E-state index in [-0.39, 0.29) is 28.5 Å². The predicted octanol–water partition coefficient (Wildman–Crippen LogP) is 0.628. The van der Waals surface area contributed by atoms with Gasteiger partial charge in [-0.15, -0.1) is 6.42 Å². The van der Waals surface area contributed by atoms with Crippen LogP contribution in [0.25, 0.3) is 5.78 Å². The lowest BCUT2D eigenvalue weighted by molar-refractivity contribution is 0.0697. The van der Waals surface area contributed by atoms with Crippen LogP contribution < -0.4 is 11.1 Å². The molecule has 0 aliphatic carbocycles. The molecule has 1 aromatic carbocycles. The zero-order chi connectivity index (χ0) is 18.1. The minimum atomic E-state index is -1.45. The number of carboxylic acids is 1. The normalized spacial score (nSPS) is 11.9. The zero-order valence-corrected chi connectivity index (χ0v) is 12.5. The number of carboxylic acid groups (broad SMARTS) is 1. The summed E-state index contributed by atoms with van der Waals surface area (Å²) in [6.45, 7) is 0. The van der Waals surface area contributed by atoms with Crippen LogP contribution in [0.15, 0.2) is 24.5 Å². The lowest BCUT2D eigenvalue weighted by Crippen LogP contribution is -2.16. The van der Waals surface area contributed by atoms with Crippen molar-refractivity contribution < 1.29 is 19.4 Å². The van der Waals surface area contributed by atoms with Gasteiger partial charge in [-0.25, -0.2) is 14.2 Å². The number of hydrogen-bond donors (Lipinski definition) is 4. The van der Waals surface area contributed by atoms with Gasteiger partial charge >= 0.3 is 5.97 Å². The van der Waals surface area contributed by atoms with E-state index in [1.54, 1.807) is 0 Å². The third-order valence-electron chi connectivity index (χ3n) is 3.36. The lowest BCUT2D eigenvalue weighted by Gasteiger charge is -2.16. The number of nitrogens with zero attached hydrogens (tertiary/aromatic N) is 4. The number of nitrogens with two attached hydrogens (primary N) is 1. The predicted molar refractivity (Wildman–Crippen MR) is 85.1 cm³/mol. The molecule has 0 radical (unpaired) electrons. The zero-order valence-electron chi connectivity index (χ0n) is 12.5. The lowest BCUT2D eigenvalue weighted by atomic mass is 10.1. The van der Waals surface area contributed by atoms with Crippen molar-refractivity contribution in [2.45, 2.75) is 6.23 Å². The molecule has 0 spiro atoms.